The van der Waals surface area contributed by atoms with Crippen molar-refractivity contribution in [3.05, 3.63) is 59.4 Å². The average Bonchev–Trinajstić information content (AvgIpc) is 2.77. The molecule has 5 nitrogen and oxygen atoms in total. The third-order valence-corrected chi connectivity index (χ3v) is 4.81. The summed E-state index contributed by atoms with van der Waals surface area (Å²) in [5.74, 6) is 0.387. The molecule has 0 fully saturated rings. The summed E-state index contributed by atoms with van der Waals surface area (Å²) >= 11 is 0. The van der Waals surface area contributed by atoms with Crippen LogP contribution in [0.15, 0.2) is 52.5 Å². The van der Waals surface area contributed by atoms with E-state index in [0.717, 1.165) is 17.7 Å². The lowest BCUT2D eigenvalue weighted by Gasteiger charge is -2.04. The summed E-state index contributed by atoms with van der Waals surface area (Å²) < 4.78 is 26.5. The molecule has 2 heterocycles. The Morgan fingerprint density at radius 1 is 1.19 bits per heavy atom. The van der Waals surface area contributed by atoms with Crippen molar-refractivity contribution in [2.45, 2.75) is 24.8 Å². The number of aliphatic imine (C=N–C) groups is 1. The molecule has 6 heteroatoms. The number of hydrogen-bond acceptors (Lipinski definition) is 4. The lowest BCUT2D eigenvalue weighted by molar-refractivity contribution is 0.595. The van der Waals surface area contributed by atoms with E-state index < -0.39 is 10.0 Å². The molecule has 1 aromatic carbocycles. The molecule has 0 radical (unpaired) electrons. The Kier molecular flexibility index (Phi) is 3.47. The van der Waals surface area contributed by atoms with E-state index in [9.17, 15) is 8.42 Å². The van der Waals surface area contributed by atoms with Gasteiger partial charge in [-0.25, -0.2) is 8.42 Å². The summed E-state index contributed by atoms with van der Waals surface area (Å²) in [4.78, 5) is 9.00. The summed E-state index contributed by atoms with van der Waals surface area (Å²) in [6.45, 7) is 2.41. The Morgan fingerprint density at radius 3 is 2.81 bits per heavy atom. The number of amidine groups is 1. The molecule has 1 aromatic heterocycles. The van der Waals surface area contributed by atoms with Gasteiger partial charge in [0.15, 0.2) is 0 Å². The molecule has 0 aliphatic carbocycles. The van der Waals surface area contributed by atoms with E-state index in [-0.39, 0.29) is 4.90 Å². The predicted molar refractivity (Wildman–Crippen MR) is 80.6 cm³/mol. The van der Waals surface area contributed by atoms with Gasteiger partial charge in [0.1, 0.15) is 5.84 Å². The van der Waals surface area contributed by atoms with Crippen molar-refractivity contribution in [2.24, 2.45) is 4.99 Å². The number of nitrogens with one attached hydrogen (secondary N) is 1. The van der Waals surface area contributed by atoms with Gasteiger partial charge in [-0.05, 0) is 30.2 Å². The van der Waals surface area contributed by atoms with Gasteiger partial charge in [0.05, 0.1) is 17.1 Å². The number of aryl methyl sites for hydroxylation is 1. The molecule has 2 aromatic rings. The highest BCUT2D eigenvalue weighted by Crippen LogP contribution is 2.22. The van der Waals surface area contributed by atoms with Crippen LogP contribution in [-0.4, -0.2) is 19.2 Å². The van der Waals surface area contributed by atoms with Crippen LogP contribution in [0.4, 0.5) is 0 Å². The lowest BCUT2D eigenvalue weighted by Crippen LogP contribution is -2.22. The third-order valence-electron chi connectivity index (χ3n) is 3.42. The van der Waals surface area contributed by atoms with Crippen LogP contribution in [0.3, 0.4) is 0 Å². The Bertz CT molecular complexity index is 813. The number of nitrogens with zero attached hydrogens (tertiary/aromatic N) is 2. The predicted octanol–water partition coefficient (Wildman–Crippen LogP) is 1.88. The zero-order valence-electron chi connectivity index (χ0n) is 11.6. The number of aromatic nitrogens is 1. The number of pyridine rings is 1. The molecule has 1 aliphatic rings. The highest BCUT2D eigenvalue weighted by Gasteiger charge is 2.29. The molecule has 0 bridgehead atoms. The molecular weight excluding hydrogens is 286 g/mol. The first-order valence-corrected chi connectivity index (χ1v) is 8.19. The van der Waals surface area contributed by atoms with Crippen molar-refractivity contribution in [2.75, 3.05) is 0 Å². The summed E-state index contributed by atoms with van der Waals surface area (Å²) in [5, 5.41) is 0. The molecule has 108 valence electrons. The van der Waals surface area contributed by atoms with Gasteiger partial charge < -0.3 is 0 Å². The fourth-order valence-electron chi connectivity index (χ4n) is 2.34. The van der Waals surface area contributed by atoms with Gasteiger partial charge in [-0.2, -0.15) is 0 Å². The zero-order chi connectivity index (χ0) is 14.9. The van der Waals surface area contributed by atoms with E-state index in [2.05, 4.69) is 21.6 Å². The van der Waals surface area contributed by atoms with E-state index in [1.165, 1.54) is 0 Å². The molecule has 0 spiro atoms. The minimum Gasteiger partial charge on any atom is -0.263 e. The molecule has 0 atom stereocenters. The molecule has 0 amide bonds. The fourth-order valence-corrected chi connectivity index (χ4v) is 3.59. The summed E-state index contributed by atoms with van der Waals surface area (Å²) in [6, 6.07) is 10.7. The standard InChI is InChI=1S/C15H15N3O2S/c1-2-11-6-5-9-16-13(11)10-17-15-12-7-3-4-8-14(12)21(19,20)18-15/h3-9H,2,10H2,1H3,(H,17,18). The monoisotopic (exact) mass is 301 g/mol. The van der Waals surface area contributed by atoms with E-state index in [4.69, 9.17) is 0 Å². The highest BCUT2D eigenvalue weighted by atomic mass is 32.2. The van der Waals surface area contributed by atoms with Crippen LogP contribution >= 0.6 is 0 Å². The van der Waals surface area contributed by atoms with Crippen LogP contribution in [0.5, 0.6) is 0 Å². The second kappa shape index (κ2) is 5.29. The Balaban J connectivity index is 1.96. The van der Waals surface area contributed by atoms with Crippen LogP contribution < -0.4 is 4.72 Å². The van der Waals surface area contributed by atoms with Crippen LogP contribution in [0.25, 0.3) is 0 Å². The highest BCUT2D eigenvalue weighted by molar-refractivity contribution is 7.90. The Hall–Kier alpha value is -2.21. The van der Waals surface area contributed by atoms with Crippen LogP contribution in [0, 0.1) is 0 Å². The molecular formula is C15H15N3O2S. The first kappa shape index (κ1) is 13.8. The minimum atomic E-state index is -3.48. The van der Waals surface area contributed by atoms with Crippen molar-refractivity contribution in [1.29, 1.82) is 0 Å². The summed E-state index contributed by atoms with van der Waals surface area (Å²) in [5.41, 5.74) is 2.61. The summed E-state index contributed by atoms with van der Waals surface area (Å²) in [7, 11) is -3.48. The molecule has 0 saturated heterocycles. The van der Waals surface area contributed by atoms with Crippen molar-refractivity contribution in [1.82, 2.24) is 9.71 Å². The normalized spacial score (nSPS) is 17.5. The van der Waals surface area contributed by atoms with Crippen molar-refractivity contribution in [3.8, 4) is 0 Å². The molecule has 0 unspecified atom stereocenters. The van der Waals surface area contributed by atoms with Crippen molar-refractivity contribution < 1.29 is 8.42 Å². The van der Waals surface area contributed by atoms with Crippen molar-refractivity contribution >= 4 is 15.9 Å². The van der Waals surface area contributed by atoms with Crippen LogP contribution in [0.2, 0.25) is 0 Å². The van der Waals surface area contributed by atoms with E-state index >= 15 is 0 Å². The SMILES string of the molecule is CCc1cccnc1CN=C1NS(=O)(=O)c2ccccc21. The maximum absolute atomic E-state index is 12.0. The summed E-state index contributed by atoms with van der Waals surface area (Å²) in [6.07, 6.45) is 2.60. The lowest BCUT2D eigenvalue weighted by atomic mass is 10.1. The largest absolute Gasteiger partial charge is 0.263 e. The zero-order valence-corrected chi connectivity index (χ0v) is 12.4. The number of hydrogen-bond donors (Lipinski definition) is 1. The fraction of sp³-hybridized carbons (Fsp3) is 0.200. The Morgan fingerprint density at radius 2 is 2.00 bits per heavy atom. The van der Waals surface area contributed by atoms with Gasteiger partial charge in [0, 0.05) is 11.8 Å². The number of rotatable bonds is 3. The van der Waals surface area contributed by atoms with E-state index in [1.807, 2.05) is 12.1 Å². The number of sulfonamides is 1. The molecule has 0 saturated carbocycles. The number of fused-ring (bicyclic) bond motifs is 1. The van der Waals surface area contributed by atoms with Gasteiger partial charge in [-0.1, -0.05) is 25.1 Å². The van der Waals surface area contributed by atoms with Crippen LogP contribution in [-0.2, 0) is 23.0 Å². The van der Waals surface area contributed by atoms with Gasteiger partial charge in [0.2, 0.25) is 0 Å². The van der Waals surface area contributed by atoms with E-state index in [1.54, 1.807) is 30.5 Å². The minimum absolute atomic E-state index is 0.278. The average molecular weight is 301 g/mol. The topological polar surface area (TPSA) is 71.4 Å². The smallest absolute Gasteiger partial charge is 0.263 e. The second-order valence-corrected chi connectivity index (χ2v) is 6.38. The van der Waals surface area contributed by atoms with Gasteiger partial charge in [-0.3, -0.25) is 14.7 Å². The first-order valence-electron chi connectivity index (χ1n) is 6.71. The van der Waals surface area contributed by atoms with Crippen LogP contribution in [0.1, 0.15) is 23.7 Å². The number of benzene rings is 1. The molecule has 1 aliphatic heterocycles. The van der Waals surface area contributed by atoms with Crippen molar-refractivity contribution in [3.63, 3.8) is 0 Å². The quantitative estimate of drug-likeness (QED) is 0.941. The van der Waals surface area contributed by atoms with Gasteiger partial charge in [-0.15, -0.1) is 0 Å². The third kappa shape index (κ3) is 2.54. The molecule has 21 heavy (non-hydrogen) atoms. The van der Waals surface area contributed by atoms with E-state index in [0.29, 0.717) is 17.9 Å². The Labute approximate surface area is 123 Å². The van der Waals surface area contributed by atoms with Gasteiger partial charge in [0.25, 0.3) is 10.0 Å². The second-order valence-electron chi connectivity index (χ2n) is 4.73. The van der Waals surface area contributed by atoms with Gasteiger partial charge >= 0.3 is 0 Å². The first-order chi connectivity index (χ1) is 10.1. The molecule has 3 rings (SSSR count). The molecule has 1 N–H and O–H groups in total. The maximum Gasteiger partial charge on any atom is 0.263 e. The maximum atomic E-state index is 12.0.